The van der Waals surface area contributed by atoms with Gasteiger partial charge in [0.15, 0.2) is 0 Å². The summed E-state index contributed by atoms with van der Waals surface area (Å²) in [6.45, 7) is 1.98. The van der Waals surface area contributed by atoms with Gasteiger partial charge in [0.2, 0.25) is 0 Å². The Morgan fingerprint density at radius 3 is 2.12 bits per heavy atom. The summed E-state index contributed by atoms with van der Waals surface area (Å²) in [5.74, 6) is 0. The maximum atomic E-state index is 4.67. The van der Waals surface area contributed by atoms with Gasteiger partial charge in [-0.25, -0.2) is 0 Å². The summed E-state index contributed by atoms with van der Waals surface area (Å²) in [6, 6.07) is 0. The van der Waals surface area contributed by atoms with Crippen molar-refractivity contribution in [2.75, 3.05) is 14.1 Å². The van der Waals surface area contributed by atoms with Gasteiger partial charge in [-0.3, -0.25) is 0 Å². The average Bonchev–Trinajstić information content (AvgIpc) is 1.65. The molecule has 0 bridgehead atoms. The summed E-state index contributed by atoms with van der Waals surface area (Å²) < 4.78 is 0. The van der Waals surface area contributed by atoms with Crippen molar-refractivity contribution < 1.29 is 0 Å². The third-order valence-corrected chi connectivity index (χ3v) is 1.02. The second kappa shape index (κ2) is 3.61. The molecule has 8 heavy (non-hydrogen) atoms. The zero-order valence-corrected chi connectivity index (χ0v) is 6.33. The molecular formula is C6H11NS. The third-order valence-electron chi connectivity index (χ3n) is 0.648. The predicted molar refractivity (Wildman–Crippen MR) is 41.1 cm³/mol. The molecule has 0 aromatic heterocycles. The molecule has 0 radical (unpaired) electrons. The van der Waals surface area contributed by atoms with Crippen molar-refractivity contribution in [3.05, 3.63) is 11.8 Å². The lowest BCUT2D eigenvalue weighted by molar-refractivity contribution is 0.561. The van der Waals surface area contributed by atoms with Crippen LogP contribution in [0.4, 0.5) is 0 Å². The van der Waals surface area contributed by atoms with Gasteiger partial charge in [0.1, 0.15) is 0 Å². The fourth-order valence-electron chi connectivity index (χ4n) is 0.438. The Balaban J connectivity index is 3.74. The van der Waals surface area contributed by atoms with Gasteiger partial charge in [0.05, 0.1) is 0 Å². The minimum absolute atomic E-state index is 1.12. The van der Waals surface area contributed by atoms with Crippen LogP contribution in [-0.4, -0.2) is 24.4 Å². The number of hydrogen-bond donors (Lipinski definition) is 0. The Hall–Kier alpha value is -0.370. The van der Waals surface area contributed by atoms with E-state index in [0.29, 0.717) is 0 Å². The van der Waals surface area contributed by atoms with E-state index >= 15 is 0 Å². The van der Waals surface area contributed by atoms with Crippen LogP contribution < -0.4 is 0 Å². The summed E-state index contributed by atoms with van der Waals surface area (Å²) in [5.41, 5.74) is 1.12. The molecule has 0 N–H and O–H groups in total. The molecule has 1 nitrogen and oxygen atoms in total. The second-order valence-electron chi connectivity index (χ2n) is 1.95. The van der Waals surface area contributed by atoms with Crippen molar-refractivity contribution in [2.24, 2.45) is 0 Å². The van der Waals surface area contributed by atoms with Crippen LogP contribution in [0.5, 0.6) is 0 Å². The van der Waals surface area contributed by atoms with Gasteiger partial charge >= 0.3 is 0 Å². The van der Waals surface area contributed by atoms with Crippen LogP contribution in [0.2, 0.25) is 0 Å². The van der Waals surface area contributed by atoms with Gasteiger partial charge < -0.3 is 4.90 Å². The van der Waals surface area contributed by atoms with E-state index in [0.717, 1.165) is 5.57 Å². The molecule has 0 rings (SSSR count). The lowest BCUT2D eigenvalue weighted by Crippen LogP contribution is -2.01. The average molecular weight is 129 g/mol. The molecule has 0 aromatic rings. The number of hydrogen-bond acceptors (Lipinski definition) is 2. The van der Waals surface area contributed by atoms with E-state index < -0.39 is 0 Å². The number of thiocarbonyl (C=S) groups is 1. The first-order chi connectivity index (χ1) is 3.66. The van der Waals surface area contributed by atoms with E-state index in [1.54, 1.807) is 5.37 Å². The first kappa shape index (κ1) is 7.63. The summed E-state index contributed by atoms with van der Waals surface area (Å²) >= 11 is 4.67. The predicted octanol–water partition coefficient (Wildman–Crippen LogP) is 1.45. The van der Waals surface area contributed by atoms with E-state index in [4.69, 9.17) is 0 Å². The Labute approximate surface area is 56.0 Å². The molecule has 0 saturated heterocycles. The maximum Gasteiger partial charge on any atom is 0.00572 e. The fourth-order valence-corrected chi connectivity index (χ4v) is 0.499. The Bertz CT molecular complexity index is 105. The molecule has 0 amide bonds. The SMILES string of the molecule is CC(C=S)=CN(C)C. The number of nitrogens with zero attached hydrogens (tertiary/aromatic N) is 1. The van der Waals surface area contributed by atoms with Crippen LogP contribution in [0.15, 0.2) is 11.8 Å². The van der Waals surface area contributed by atoms with E-state index in [-0.39, 0.29) is 0 Å². The van der Waals surface area contributed by atoms with E-state index in [9.17, 15) is 0 Å². The van der Waals surface area contributed by atoms with Crippen molar-refractivity contribution >= 4 is 17.6 Å². The lowest BCUT2D eigenvalue weighted by atomic mass is 10.4. The molecule has 0 unspecified atom stereocenters. The second-order valence-corrected chi connectivity index (χ2v) is 2.19. The highest BCUT2D eigenvalue weighted by Gasteiger charge is 1.79. The van der Waals surface area contributed by atoms with Gasteiger partial charge in [0.25, 0.3) is 0 Å². The summed E-state index contributed by atoms with van der Waals surface area (Å²) in [4.78, 5) is 1.97. The molecule has 2 heteroatoms. The molecule has 0 heterocycles. The monoisotopic (exact) mass is 129 g/mol. The highest BCUT2D eigenvalue weighted by molar-refractivity contribution is 7.79. The third kappa shape index (κ3) is 3.81. The van der Waals surface area contributed by atoms with Gasteiger partial charge in [-0.15, -0.1) is 0 Å². The Morgan fingerprint density at radius 2 is 2.00 bits per heavy atom. The highest BCUT2D eigenvalue weighted by Crippen LogP contribution is 1.87. The van der Waals surface area contributed by atoms with Crippen LogP contribution >= 0.6 is 12.2 Å². The Morgan fingerprint density at radius 1 is 1.50 bits per heavy atom. The van der Waals surface area contributed by atoms with Crippen molar-refractivity contribution in [3.63, 3.8) is 0 Å². The molecule has 0 fully saturated rings. The zero-order valence-electron chi connectivity index (χ0n) is 5.51. The van der Waals surface area contributed by atoms with Crippen molar-refractivity contribution in [1.82, 2.24) is 4.90 Å². The molecular weight excluding hydrogens is 118 g/mol. The molecule has 0 saturated carbocycles. The molecule has 0 atom stereocenters. The van der Waals surface area contributed by atoms with Crippen LogP contribution in [0, 0.1) is 0 Å². The molecule has 0 aliphatic carbocycles. The minimum atomic E-state index is 1.12. The molecule has 0 aromatic carbocycles. The zero-order chi connectivity index (χ0) is 6.57. The standard InChI is InChI=1S/C6H11NS/c1-6(5-8)4-7(2)3/h4-5H,1-3H3. The number of rotatable bonds is 2. The normalized spacial score (nSPS) is 11.1. The minimum Gasteiger partial charge on any atom is -0.383 e. The van der Waals surface area contributed by atoms with Crippen LogP contribution in [0.3, 0.4) is 0 Å². The molecule has 0 spiro atoms. The Kier molecular flexibility index (Phi) is 3.44. The fraction of sp³-hybridized carbons (Fsp3) is 0.500. The van der Waals surface area contributed by atoms with Crippen LogP contribution in [0.1, 0.15) is 6.92 Å². The number of allylic oxidation sites excluding steroid dienone is 1. The quantitative estimate of drug-likeness (QED) is 0.410. The molecule has 0 aliphatic rings. The van der Waals surface area contributed by atoms with Gasteiger partial charge in [0, 0.05) is 25.7 Å². The van der Waals surface area contributed by atoms with Crippen molar-refractivity contribution in [1.29, 1.82) is 0 Å². The summed E-state index contributed by atoms with van der Waals surface area (Å²) in [7, 11) is 3.95. The first-order valence-corrected chi connectivity index (χ1v) is 2.94. The largest absolute Gasteiger partial charge is 0.383 e. The van der Waals surface area contributed by atoms with Crippen molar-refractivity contribution in [2.45, 2.75) is 6.92 Å². The van der Waals surface area contributed by atoms with Gasteiger partial charge in [-0.1, -0.05) is 12.2 Å². The van der Waals surface area contributed by atoms with E-state index in [1.807, 2.05) is 32.1 Å². The van der Waals surface area contributed by atoms with Gasteiger partial charge in [-0.05, 0) is 12.5 Å². The van der Waals surface area contributed by atoms with E-state index in [2.05, 4.69) is 12.2 Å². The topological polar surface area (TPSA) is 3.24 Å². The smallest absolute Gasteiger partial charge is 0.00572 e. The first-order valence-electron chi connectivity index (χ1n) is 2.47. The van der Waals surface area contributed by atoms with Crippen LogP contribution in [-0.2, 0) is 0 Å². The summed E-state index contributed by atoms with van der Waals surface area (Å²) in [6.07, 6.45) is 1.98. The van der Waals surface area contributed by atoms with Crippen LogP contribution in [0.25, 0.3) is 0 Å². The summed E-state index contributed by atoms with van der Waals surface area (Å²) in [5, 5.41) is 1.67. The van der Waals surface area contributed by atoms with E-state index in [1.165, 1.54) is 0 Å². The lowest BCUT2D eigenvalue weighted by Gasteiger charge is -2.03. The van der Waals surface area contributed by atoms with Gasteiger partial charge in [-0.2, -0.15) is 0 Å². The molecule has 0 aliphatic heterocycles. The highest BCUT2D eigenvalue weighted by atomic mass is 32.1. The van der Waals surface area contributed by atoms with Crippen molar-refractivity contribution in [3.8, 4) is 0 Å². The molecule has 46 valence electrons. The maximum absolute atomic E-state index is 4.67.